The van der Waals surface area contributed by atoms with Crippen LogP contribution >= 0.6 is 11.8 Å². The summed E-state index contributed by atoms with van der Waals surface area (Å²) in [6.07, 6.45) is 3.69. The van der Waals surface area contributed by atoms with Gasteiger partial charge in [-0.25, -0.2) is 15.0 Å². The van der Waals surface area contributed by atoms with Crippen LogP contribution < -0.4 is 18.9 Å². The van der Waals surface area contributed by atoms with E-state index in [1.165, 1.54) is 11.8 Å². The van der Waals surface area contributed by atoms with Gasteiger partial charge in [0.05, 0.1) is 25.3 Å². The summed E-state index contributed by atoms with van der Waals surface area (Å²) in [6.45, 7) is 1.06. The molecule has 0 N–H and O–H groups in total. The third-order valence-corrected chi connectivity index (χ3v) is 5.55. The molecule has 2 aromatic heterocycles. The number of thioether (sulfide) groups is 1. The van der Waals surface area contributed by atoms with E-state index in [9.17, 15) is 0 Å². The van der Waals surface area contributed by atoms with Crippen LogP contribution in [0.1, 0.15) is 0 Å². The molecule has 0 aliphatic carbocycles. The molecule has 0 amide bonds. The van der Waals surface area contributed by atoms with Gasteiger partial charge in [0.25, 0.3) is 0 Å². The smallest absolute Gasteiger partial charge is 0.189 e. The van der Waals surface area contributed by atoms with E-state index in [1.54, 1.807) is 20.4 Å². The van der Waals surface area contributed by atoms with E-state index < -0.39 is 0 Å². The Kier molecular flexibility index (Phi) is 5.03. The Labute approximate surface area is 183 Å². The number of benzene rings is 2. The molecule has 1 aliphatic rings. The summed E-state index contributed by atoms with van der Waals surface area (Å²) in [4.78, 5) is 13.9. The number of rotatable bonds is 5. The fraction of sp³-hybridized carbons (Fsp3) is 0.227. The largest absolute Gasteiger partial charge is 0.493 e. The second kappa shape index (κ2) is 7.99. The van der Waals surface area contributed by atoms with Crippen LogP contribution in [0.4, 0.5) is 0 Å². The fourth-order valence-corrected chi connectivity index (χ4v) is 3.92. The highest BCUT2D eigenvalue weighted by atomic mass is 32.2. The van der Waals surface area contributed by atoms with Crippen molar-refractivity contribution in [2.24, 2.45) is 0 Å². The highest BCUT2D eigenvalue weighted by Crippen LogP contribution is 2.39. The SMILES string of the molecule is COc1cc2nc(-c3ccc4c(c3)OCCO4)n(-c3ccnc(SC)n3)c2cc1OC. The van der Waals surface area contributed by atoms with Gasteiger partial charge in [0.15, 0.2) is 28.2 Å². The molecule has 0 bridgehead atoms. The van der Waals surface area contributed by atoms with Crippen molar-refractivity contribution in [3.8, 4) is 40.2 Å². The first-order chi connectivity index (χ1) is 15.2. The van der Waals surface area contributed by atoms with Gasteiger partial charge >= 0.3 is 0 Å². The zero-order valence-corrected chi connectivity index (χ0v) is 18.1. The molecule has 0 unspecified atom stereocenters. The summed E-state index contributed by atoms with van der Waals surface area (Å²) in [6, 6.07) is 11.4. The number of methoxy groups -OCH3 is 2. The molecular weight excluding hydrogens is 416 g/mol. The minimum absolute atomic E-state index is 0.518. The summed E-state index contributed by atoms with van der Waals surface area (Å²) in [5, 5.41) is 0.674. The van der Waals surface area contributed by atoms with E-state index in [4.69, 9.17) is 28.9 Å². The maximum atomic E-state index is 5.78. The van der Waals surface area contributed by atoms with Crippen molar-refractivity contribution in [3.63, 3.8) is 0 Å². The molecule has 9 heteroatoms. The normalized spacial score (nSPS) is 12.7. The molecule has 0 radical (unpaired) electrons. The van der Waals surface area contributed by atoms with Gasteiger partial charge < -0.3 is 18.9 Å². The topological polar surface area (TPSA) is 80.5 Å². The van der Waals surface area contributed by atoms with Gasteiger partial charge in [0.1, 0.15) is 24.9 Å². The zero-order chi connectivity index (χ0) is 21.4. The van der Waals surface area contributed by atoms with Crippen molar-refractivity contribution in [3.05, 3.63) is 42.6 Å². The number of hydrogen-bond donors (Lipinski definition) is 0. The molecule has 1 aliphatic heterocycles. The first-order valence-electron chi connectivity index (χ1n) is 9.63. The summed E-state index contributed by atoms with van der Waals surface area (Å²) < 4.78 is 24.5. The first-order valence-corrected chi connectivity index (χ1v) is 10.9. The highest BCUT2D eigenvalue weighted by molar-refractivity contribution is 7.98. The average Bonchev–Trinajstić information content (AvgIpc) is 3.21. The fourth-order valence-electron chi connectivity index (χ4n) is 3.57. The Morgan fingerprint density at radius 1 is 0.935 bits per heavy atom. The average molecular weight is 436 g/mol. The van der Waals surface area contributed by atoms with Crippen LogP contribution in [0.2, 0.25) is 0 Å². The van der Waals surface area contributed by atoms with Gasteiger partial charge in [-0.3, -0.25) is 4.57 Å². The van der Waals surface area contributed by atoms with E-state index in [0.29, 0.717) is 47.3 Å². The van der Waals surface area contributed by atoms with Gasteiger partial charge in [-0.2, -0.15) is 0 Å². The summed E-state index contributed by atoms with van der Waals surface area (Å²) in [5.41, 5.74) is 2.47. The summed E-state index contributed by atoms with van der Waals surface area (Å²) in [7, 11) is 3.22. The lowest BCUT2D eigenvalue weighted by Gasteiger charge is -2.19. The number of ether oxygens (including phenoxy) is 4. The molecule has 8 nitrogen and oxygen atoms in total. The summed E-state index contributed by atoms with van der Waals surface area (Å²) >= 11 is 1.48. The second-order valence-corrected chi connectivity index (χ2v) is 7.50. The van der Waals surface area contributed by atoms with Crippen molar-refractivity contribution >= 4 is 22.8 Å². The van der Waals surface area contributed by atoms with Crippen LogP contribution in [-0.2, 0) is 0 Å². The Balaban J connectivity index is 1.78. The molecule has 0 atom stereocenters. The minimum atomic E-state index is 0.518. The number of imidazole rings is 1. The Morgan fingerprint density at radius 3 is 2.48 bits per heavy atom. The van der Waals surface area contributed by atoms with Crippen LogP contribution in [0.5, 0.6) is 23.0 Å². The van der Waals surface area contributed by atoms with Crippen LogP contribution in [0.25, 0.3) is 28.2 Å². The Morgan fingerprint density at radius 2 is 1.71 bits per heavy atom. The maximum absolute atomic E-state index is 5.78. The molecule has 5 rings (SSSR count). The lowest BCUT2D eigenvalue weighted by atomic mass is 10.2. The molecule has 31 heavy (non-hydrogen) atoms. The van der Waals surface area contributed by atoms with Crippen molar-refractivity contribution < 1.29 is 18.9 Å². The van der Waals surface area contributed by atoms with Gasteiger partial charge in [-0.1, -0.05) is 11.8 Å². The van der Waals surface area contributed by atoms with Crippen LogP contribution in [0, 0.1) is 0 Å². The lowest BCUT2D eigenvalue weighted by Crippen LogP contribution is -2.15. The van der Waals surface area contributed by atoms with E-state index in [-0.39, 0.29) is 0 Å². The van der Waals surface area contributed by atoms with Gasteiger partial charge in [-0.05, 0) is 30.5 Å². The molecular formula is C22H20N4O4S. The number of aromatic nitrogens is 4. The Hall–Kier alpha value is -3.46. The molecule has 158 valence electrons. The third-order valence-electron chi connectivity index (χ3n) is 4.99. The van der Waals surface area contributed by atoms with Gasteiger partial charge in [-0.15, -0.1) is 0 Å². The molecule has 4 aromatic rings. The molecule has 0 saturated heterocycles. The lowest BCUT2D eigenvalue weighted by molar-refractivity contribution is 0.171. The predicted octanol–water partition coefficient (Wildman–Crippen LogP) is 3.99. The van der Waals surface area contributed by atoms with Crippen LogP contribution in [0.15, 0.2) is 47.8 Å². The minimum Gasteiger partial charge on any atom is -0.493 e. The zero-order valence-electron chi connectivity index (χ0n) is 17.3. The monoisotopic (exact) mass is 436 g/mol. The molecule has 0 spiro atoms. The molecule has 2 aromatic carbocycles. The van der Waals surface area contributed by atoms with Gasteiger partial charge in [0.2, 0.25) is 0 Å². The van der Waals surface area contributed by atoms with Crippen molar-refractivity contribution in [1.82, 2.24) is 19.5 Å². The van der Waals surface area contributed by atoms with E-state index in [2.05, 4.69) is 4.98 Å². The number of nitrogens with zero attached hydrogens (tertiary/aromatic N) is 4. The third kappa shape index (κ3) is 3.40. The van der Waals surface area contributed by atoms with Crippen molar-refractivity contribution in [2.45, 2.75) is 5.16 Å². The van der Waals surface area contributed by atoms with Gasteiger partial charge in [0, 0.05) is 23.9 Å². The van der Waals surface area contributed by atoms with E-state index >= 15 is 0 Å². The first kappa shape index (κ1) is 19.5. The van der Waals surface area contributed by atoms with Crippen molar-refractivity contribution in [1.29, 1.82) is 0 Å². The maximum Gasteiger partial charge on any atom is 0.189 e. The summed E-state index contributed by atoms with van der Waals surface area (Å²) in [5.74, 6) is 4.08. The van der Waals surface area contributed by atoms with Crippen LogP contribution in [0.3, 0.4) is 0 Å². The second-order valence-electron chi connectivity index (χ2n) is 6.73. The standard InChI is InChI=1S/C22H20N4O4S/c1-27-17-11-14-15(12-18(17)28-2)26(20-6-7-23-22(25-20)31-3)21(24-14)13-4-5-16-19(10-13)30-9-8-29-16/h4-7,10-12H,8-9H2,1-3H3. The quantitative estimate of drug-likeness (QED) is 0.343. The van der Waals surface area contributed by atoms with E-state index in [0.717, 1.165) is 22.3 Å². The molecule has 0 fully saturated rings. The predicted molar refractivity (Wildman–Crippen MR) is 118 cm³/mol. The number of fused-ring (bicyclic) bond motifs is 2. The van der Waals surface area contributed by atoms with Crippen molar-refractivity contribution in [2.75, 3.05) is 33.7 Å². The van der Waals surface area contributed by atoms with E-state index in [1.807, 2.05) is 47.2 Å². The molecule has 0 saturated carbocycles. The van der Waals surface area contributed by atoms with Crippen LogP contribution in [-0.4, -0.2) is 53.2 Å². The number of hydrogen-bond acceptors (Lipinski definition) is 8. The highest BCUT2D eigenvalue weighted by Gasteiger charge is 2.21. The Bertz CT molecular complexity index is 1270. The molecule has 3 heterocycles.